The van der Waals surface area contributed by atoms with Crippen LogP contribution >= 0.6 is 0 Å². The summed E-state index contributed by atoms with van der Waals surface area (Å²) in [6.07, 6.45) is 4.45. The van der Waals surface area contributed by atoms with Crippen molar-refractivity contribution in [1.29, 1.82) is 0 Å². The van der Waals surface area contributed by atoms with Crippen LogP contribution < -0.4 is 9.64 Å². The van der Waals surface area contributed by atoms with Gasteiger partial charge in [-0.3, -0.25) is 0 Å². The first-order chi connectivity index (χ1) is 12.7. The van der Waals surface area contributed by atoms with Gasteiger partial charge >= 0.3 is 12.2 Å². The second kappa shape index (κ2) is 7.69. The summed E-state index contributed by atoms with van der Waals surface area (Å²) in [7, 11) is 0. The molecule has 0 spiro atoms. The van der Waals surface area contributed by atoms with E-state index in [0.29, 0.717) is 18.6 Å². The molecular formula is C19H20N4O3. The Morgan fingerprint density at radius 1 is 1.27 bits per heavy atom. The van der Waals surface area contributed by atoms with E-state index >= 15 is 0 Å². The molecule has 26 heavy (non-hydrogen) atoms. The Labute approximate surface area is 150 Å². The highest BCUT2D eigenvalue weighted by Crippen LogP contribution is 2.28. The lowest BCUT2D eigenvalue weighted by atomic mass is 10.2. The van der Waals surface area contributed by atoms with Gasteiger partial charge in [0.15, 0.2) is 0 Å². The molecule has 0 bridgehead atoms. The molecule has 1 aromatic carbocycles. The number of nitrogens with zero attached hydrogens (tertiary/aromatic N) is 3. The van der Waals surface area contributed by atoms with Crippen LogP contribution in [-0.4, -0.2) is 40.8 Å². The fourth-order valence-corrected chi connectivity index (χ4v) is 2.71. The molecule has 7 nitrogen and oxygen atoms in total. The molecule has 0 fully saturated rings. The predicted octanol–water partition coefficient (Wildman–Crippen LogP) is 3.82. The van der Waals surface area contributed by atoms with Gasteiger partial charge in [0, 0.05) is 29.7 Å². The number of carbonyl (C=O) groups is 1. The Kier molecular flexibility index (Phi) is 5.17. The van der Waals surface area contributed by atoms with Gasteiger partial charge in [0.2, 0.25) is 0 Å². The molecule has 3 rings (SSSR count). The molecule has 0 aliphatic heterocycles. The summed E-state index contributed by atoms with van der Waals surface area (Å²) in [5.74, 6) is 0. The number of carbonyl (C=O) groups excluding carboxylic acids is 1. The molecule has 0 unspecified atom stereocenters. The van der Waals surface area contributed by atoms with Crippen molar-refractivity contribution >= 4 is 33.8 Å². The van der Waals surface area contributed by atoms with Crippen LogP contribution in [0.1, 0.15) is 6.92 Å². The van der Waals surface area contributed by atoms with Gasteiger partial charge in [0.05, 0.1) is 18.3 Å². The van der Waals surface area contributed by atoms with E-state index in [1.165, 1.54) is 0 Å². The summed E-state index contributed by atoms with van der Waals surface area (Å²) >= 11 is 0. The largest absolute Gasteiger partial charge is 0.516 e. The Morgan fingerprint density at radius 2 is 2.04 bits per heavy atom. The van der Waals surface area contributed by atoms with Crippen molar-refractivity contribution in [1.82, 2.24) is 15.0 Å². The average Bonchev–Trinajstić information content (AvgIpc) is 2.99. The zero-order valence-corrected chi connectivity index (χ0v) is 14.6. The number of H-pyrrole nitrogens is 1. The van der Waals surface area contributed by atoms with Gasteiger partial charge < -0.3 is 19.4 Å². The van der Waals surface area contributed by atoms with Crippen LogP contribution in [0, 0.1) is 0 Å². The van der Waals surface area contributed by atoms with E-state index in [9.17, 15) is 4.79 Å². The summed E-state index contributed by atoms with van der Waals surface area (Å²) in [6.45, 7) is 10.9. The van der Waals surface area contributed by atoms with E-state index in [4.69, 9.17) is 9.47 Å². The summed E-state index contributed by atoms with van der Waals surface area (Å²) in [5, 5.41) is 0.909. The van der Waals surface area contributed by atoms with Gasteiger partial charge in [0.25, 0.3) is 0 Å². The normalized spacial score (nSPS) is 10.7. The van der Waals surface area contributed by atoms with Gasteiger partial charge in [0.1, 0.15) is 5.52 Å². The van der Waals surface area contributed by atoms with E-state index in [-0.39, 0.29) is 12.6 Å². The predicted molar refractivity (Wildman–Crippen MR) is 102 cm³/mol. The molecule has 3 aromatic rings. The van der Waals surface area contributed by atoms with Crippen molar-refractivity contribution in [2.45, 2.75) is 6.92 Å². The summed E-state index contributed by atoms with van der Waals surface area (Å²) in [5.41, 5.74) is 3.37. The number of fused-ring (bicyclic) bond motifs is 3. The Morgan fingerprint density at radius 3 is 2.73 bits per heavy atom. The maximum Gasteiger partial charge on any atom is 0.516 e. The smallest absolute Gasteiger partial charge is 0.434 e. The van der Waals surface area contributed by atoms with E-state index < -0.39 is 6.16 Å². The van der Waals surface area contributed by atoms with Crippen LogP contribution in [0.25, 0.3) is 21.9 Å². The number of ether oxygens (including phenoxy) is 2. The topological polar surface area (TPSA) is 80.3 Å². The van der Waals surface area contributed by atoms with E-state index in [2.05, 4.69) is 33.0 Å². The number of hydrogen-bond donors (Lipinski definition) is 1. The van der Waals surface area contributed by atoms with Crippen LogP contribution in [-0.2, 0) is 4.74 Å². The molecule has 2 heterocycles. The first kappa shape index (κ1) is 17.5. The van der Waals surface area contributed by atoms with Gasteiger partial charge in [-0.2, -0.15) is 4.98 Å². The lowest BCUT2D eigenvalue weighted by Gasteiger charge is -2.21. The minimum absolute atomic E-state index is 0.0451. The van der Waals surface area contributed by atoms with Crippen molar-refractivity contribution in [3.8, 4) is 6.01 Å². The van der Waals surface area contributed by atoms with Gasteiger partial charge in [-0.15, -0.1) is 13.2 Å². The van der Waals surface area contributed by atoms with E-state index in [0.717, 1.165) is 22.1 Å². The molecule has 0 amide bonds. The quantitative estimate of drug-likeness (QED) is 0.514. The number of rotatable bonds is 7. The number of benzene rings is 1. The SMILES string of the molecule is C=CCN(CC=C)c1ccc2[nH]c3cnc(OC(=O)OCC)nc3c2c1. The van der Waals surface area contributed by atoms with Crippen LogP contribution in [0.4, 0.5) is 10.5 Å². The molecule has 134 valence electrons. The van der Waals surface area contributed by atoms with E-state index in [1.54, 1.807) is 13.1 Å². The van der Waals surface area contributed by atoms with Crippen LogP contribution in [0.15, 0.2) is 49.7 Å². The molecule has 0 saturated heterocycles. The van der Waals surface area contributed by atoms with Gasteiger partial charge in [-0.1, -0.05) is 12.2 Å². The highest BCUT2D eigenvalue weighted by Gasteiger charge is 2.13. The second-order valence-corrected chi connectivity index (χ2v) is 5.54. The maximum atomic E-state index is 11.5. The first-order valence-corrected chi connectivity index (χ1v) is 8.26. The average molecular weight is 352 g/mol. The van der Waals surface area contributed by atoms with E-state index in [1.807, 2.05) is 30.4 Å². The minimum Gasteiger partial charge on any atom is -0.434 e. The molecule has 0 saturated carbocycles. The van der Waals surface area contributed by atoms with Crippen molar-refractivity contribution < 1.29 is 14.3 Å². The molecule has 0 atom stereocenters. The Bertz CT molecular complexity index is 954. The molecule has 0 aliphatic carbocycles. The molecule has 2 aromatic heterocycles. The zero-order chi connectivity index (χ0) is 18.5. The zero-order valence-electron chi connectivity index (χ0n) is 14.6. The standard InChI is InChI=1S/C19H20N4O3/c1-4-9-23(10-5-2)13-7-8-15-14(11-13)17-16(21-15)12-20-18(22-17)26-19(24)25-6-3/h4-5,7-8,11-12,21H,1-2,6,9-10H2,3H3. The first-order valence-electron chi connectivity index (χ1n) is 8.26. The van der Waals surface area contributed by atoms with Crippen molar-refractivity contribution in [2.24, 2.45) is 0 Å². The highest BCUT2D eigenvalue weighted by molar-refractivity contribution is 6.05. The van der Waals surface area contributed by atoms with Crippen molar-refractivity contribution in [3.05, 3.63) is 49.7 Å². The Hall–Kier alpha value is -3.35. The Balaban J connectivity index is 2.03. The lowest BCUT2D eigenvalue weighted by Crippen LogP contribution is -2.22. The summed E-state index contributed by atoms with van der Waals surface area (Å²) in [6, 6.07) is 5.99. The number of anilines is 1. The van der Waals surface area contributed by atoms with Gasteiger partial charge in [-0.05, 0) is 25.1 Å². The van der Waals surface area contributed by atoms with Crippen LogP contribution in [0.2, 0.25) is 0 Å². The molecular weight excluding hydrogens is 332 g/mol. The monoisotopic (exact) mass is 352 g/mol. The third-order valence-corrected chi connectivity index (χ3v) is 3.80. The minimum atomic E-state index is -0.824. The number of hydrogen-bond acceptors (Lipinski definition) is 6. The van der Waals surface area contributed by atoms with Crippen LogP contribution in [0.5, 0.6) is 6.01 Å². The third-order valence-electron chi connectivity index (χ3n) is 3.80. The fraction of sp³-hybridized carbons (Fsp3) is 0.211. The maximum absolute atomic E-state index is 11.5. The second-order valence-electron chi connectivity index (χ2n) is 5.54. The molecule has 0 aliphatic rings. The van der Waals surface area contributed by atoms with Crippen LogP contribution in [0.3, 0.4) is 0 Å². The number of aromatic nitrogens is 3. The molecule has 0 radical (unpaired) electrons. The number of aromatic amines is 1. The summed E-state index contributed by atoms with van der Waals surface area (Å²) < 4.78 is 9.76. The molecule has 7 heteroatoms. The highest BCUT2D eigenvalue weighted by atomic mass is 16.7. The lowest BCUT2D eigenvalue weighted by molar-refractivity contribution is 0.101. The number of nitrogens with one attached hydrogen (secondary N) is 1. The van der Waals surface area contributed by atoms with Gasteiger partial charge in [-0.25, -0.2) is 9.78 Å². The third kappa shape index (κ3) is 3.51. The van der Waals surface area contributed by atoms with Crippen molar-refractivity contribution in [3.63, 3.8) is 0 Å². The molecule has 1 N–H and O–H groups in total. The summed E-state index contributed by atoms with van der Waals surface area (Å²) in [4.78, 5) is 25.3. The van der Waals surface area contributed by atoms with Crippen molar-refractivity contribution in [2.75, 3.05) is 24.6 Å². The fourth-order valence-electron chi connectivity index (χ4n) is 2.71.